The van der Waals surface area contributed by atoms with E-state index in [0.29, 0.717) is 35.8 Å². The first-order chi connectivity index (χ1) is 18.0. The first-order valence-corrected chi connectivity index (χ1v) is 13.4. The Hall–Kier alpha value is -3.12. The summed E-state index contributed by atoms with van der Waals surface area (Å²) in [5, 5.41) is 8.04. The van der Waals surface area contributed by atoms with Gasteiger partial charge in [-0.1, -0.05) is 19.3 Å². The van der Waals surface area contributed by atoms with E-state index in [4.69, 9.17) is 18.9 Å². The van der Waals surface area contributed by atoms with E-state index < -0.39 is 0 Å². The summed E-state index contributed by atoms with van der Waals surface area (Å²) < 4.78 is 22.9. The van der Waals surface area contributed by atoms with Crippen LogP contribution in [0.25, 0.3) is 0 Å². The highest BCUT2D eigenvalue weighted by Crippen LogP contribution is 2.37. The predicted molar refractivity (Wildman–Crippen MR) is 144 cm³/mol. The molecule has 0 aromatic heterocycles. The fourth-order valence-corrected chi connectivity index (χ4v) is 4.47. The number of hydrogen-bond donors (Lipinski definition) is 2. The van der Waals surface area contributed by atoms with Crippen LogP contribution in [0.15, 0.2) is 43.4 Å². The molecule has 2 heterocycles. The number of amides is 2. The first kappa shape index (κ1) is 26.9. The summed E-state index contributed by atoms with van der Waals surface area (Å²) in [7, 11) is 0. The molecule has 10 nitrogen and oxygen atoms in total. The second kappa shape index (κ2) is 13.4. The fraction of sp³-hybridized carbons (Fsp3) is 0.360. The van der Waals surface area contributed by atoms with E-state index in [2.05, 4.69) is 52.9 Å². The number of fused-ring (bicyclic) bond motifs is 2. The van der Waals surface area contributed by atoms with Gasteiger partial charge in [-0.25, -0.2) is 10.9 Å². The number of nitrogens with one attached hydrogen (secondary N) is 2. The van der Waals surface area contributed by atoms with E-state index in [1.807, 2.05) is 12.1 Å². The minimum Gasteiger partial charge on any atom is -0.454 e. The Morgan fingerprint density at radius 3 is 1.49 bits per heavy atom. The number of benzene rings is 2. The molecule has 0 fully saturated rings. The van der Waals surface area contributed by atoms with Crippen LogP contribution in [0.4, 0.5) is 0 Å². The SMILES string of the molecule is O=C(CCCCCCCC(=O)N/N=C/c1cc2c(cc1Br)OCO2)N/N=C/c1cc2c(cc1Br)OCO2. The van der Waals surface area contributed by atoms with Crippen LogP contribution < -0.4 is 29.8 Å². The molecule has 12 heteroatoms. The van der Waals surface area contributed by atoms with Crippen molar-refractivity contribution in [2.75, 3.05) is 13.6 Å². The molecule has 0 aliphatic carbocycles. The lowest BCUT2D eigenvalue weighted by atomic mass is 10.1. The summed E-state index contributed by atoms with van der Waals surface area (Å²) >= 11 is 6.90. The summed E-state index contributed by atoms with van der Waals surface area (Å²) in [5.74, 6) is 2.37. The molecule has 2 aliphatic heterocycles. The quantitative estimate of drug-likeness (QED) is 0.192. The molecule has 0 unspecified atom stereocenters. The van der Waals surface area contributed by atoms with Gasteiger partial charge >= 0.3 is 0 Å². The number of carbonyl (C=O) groups excluding carboxylic acids is 2. The van der Waals surface area contributed by atoms with Crippen LogP contribution in [0.1, 0.15) is 56.1 Å². The van der Waals surface area contributed by atoms with Gasteiger partial charge in [0.1, 0.15) is 0 Å². The molecule has 0 atom stereocenters. The maximum absolute atomic E-state index is 12.0. The second-order valence-corrected chi connectivity index (χ2v) is 10.0. The Morgan fingerprint density at radius 1 is 0.676 bits per heavy atom. The molecule has 196 valence electrons. The zero-order chi connectivity index (χ0) is 26.0. The number of halogens is 2. The van der Waals surface area contributed by atoms with Crippen LogP contribution in [-0.4, -0.2) is 37.8 Å². The number of hydrazone groups is 2. The van der Waals surface area contributed by atoms with Crippen molar-refractivity contribution in [1.82, 2.24) is 10.9 Å². The zero-order valence-electron chi connectivity index (χ0n) is 19.9. The van der Waals surface area contributed by atoms with Crippen molar-refractivity contribution in [3.8, 4) is 23.0 Å². The molecule has 0 radical (unpaired) electrons. The van der Waals surface area contributed by atoms with Gasteiger partial charge < -0.3 is 18.9 Å². The lowest BCUT2D eigenvalue weighted by Crippen LogP contribution is -2.17. The van der Waals surface area contributed by atoms with Gasteiger partial charge in [-0.15, -0.1) is 0 Å². The zero-order valence-corrected chi connectivity index (χ0v) is 23.1. The summed E-state index contributed by atoms with van der Waals surface area (Å²) in [5.41, 5.74) is 6.65. The standard InChI is InChI=1S/C25H26Br2N4O6/c26-18-10-22-20(34-14-36-22)8-16(18)12-28-30-24(32)6-4-2-1-3-5-7-25(33)31-29-13-17-9-21-23(11-19(17)27)37-15-35-21/h8-13H,1-7,14-15H2,(H,30,32)(H,31,33)/b28-12+,29-13+. The van der Waals surface area contributed by atoms with Crippen LogP contribution in [-0.2, 0) is 9.59 Å². The Bertz CT molecular complexity index is 1110. The van der Waals surface area contributed by atoms with E-state index in [9.17, 15) is 9.59 Å². The molecule has 37 heavy (non-hydrogen) atoms. The Kier molecular flexibility index (Phi) is 9.78. The molecule has 4 rings (SSSR count). The molecule has 2 aromatic carbocycles. The number of unbranched alkanes of at least 4 members (excludes halogenated alkanes) is 4. The minimum atomic E-state index is -0.139. The molecular formula is C25H26Br2N4O6. The average Bonchev–Trinajstić information content (AvgIpc) is 3.52. The lowest BCUT2D eigenvalue weighted by molar-refractivity contribution is -0.121. The molecule has 0 bridgehead atoms. The molecular weight excluding hydrogens is 612 g/mol. The molecule has 0 saturated heterocycles. The van der Waals surface area contributed by atoms with Crippen LogP contribution in [0, 0.1) is 0 Å². The van der Waals surface area contributed by atoms with Crippen molar-refractivity contribution >= 4 is 56.1 Å². The Morgan fingerprint density at radius 2 is 1.05 bits per heavy atom. The third kappa shape index (κ3) is 7.93. The van der Waals surface area contributed by atoms with Crippen molar-refractivity contribution in [2.24, 2.45) is 10.2 Å². The highest BCUT2D eigenvalue weighted by atomic mass is 79.9. The van der Waals surface area contributed by atoms with Gasteiger partial charge in [-0.2, -0.15) is 10.2 Å². The van der Waals surface area contributed by atoms with Crippen molar-refractivity contribution in [3.63, 3.8) is 0 Å². The number of carbonyl (C=O) groups is 2. The highest BCUT2D eigenvalue weighted by molar-refractivity contribution is 9.10. The number of nitrogens with zero attached hydrogens (tertiary/aromatic N) is 2. The fourth-order valence-electron chi connectivity index (χ4n) is 3.62. The summed E-state index contributed by atoms with van der Waals surface area (Å²) in [6, 6.07) is 7.21. The predicted octanol–water partition coefficient (Wildman–Crippen LogP) is 5.00. The normalized spacial score (nSPS) is 13.5. The van der Waals surface area contributed by atoms with Crippen LogP contribution >= 0.6 is 31.9 Å². The van der Waals surface area contributed by atoms with E-state index in [-0.39, 0.29) is 25.4 Å². The summed E-state index contributed by atoms with van der Waals surface area (Å²) in [6.07, 6.45) is 8.19. The van der Waals surface area contributed by atoms with Crippen molar-refractivity contribution < 1.29 is 28.5 Å². The second-order valence-electron chi connectivity index (χ2n) is 8.31. The van der Waals surface area contributed by atoms with E-state index in [0.717, 1.165) is 52.2 Å². The number of rotatable bonds is 12. The molecule has 2 N–H and O–H groups in total. The van der Waals surface area contributed by atoms with Gasteiger partial charge in [0.2, 0.25) is 25.4 Å². The number of hydrogen-bond acceptors (Lipinski definition) is 8. The smallest absolute Gasteiger partial charge is 0.240 e. The molecule has 2 aliphatic rings. The maximum atomic E-state index is 12.0. The topological polar surface area (TPSA) is 120 Å². The van der Waals surface area contributed by atoms with Gasteiger partial charge in [-0.05, 0) is 69.0 Å². The van der Waals surface area contributed by atoms with Gasteiger partial charge in [0.05, 0.1) is 12.4 Å². The van der Waals surface area contributed by atoms with E-state index in [1.165, 1.54) is 0 Å². The average molecular weight is 638 g/mol. The van der Waals surface area contributed by atoms with E-state index in [1.54, 1.807) is 24.6 Å². The molecule has 2 aromatic rings. The van der Waals surface area contributed by atoms with Crippen molar-refractivity contribution in [2.45, 2.75) is 44.9 Å². The minimum absolute atomic E-state index is 0.139. The van der Waals surface area contributed by atoms with Crippen LogP contribution in [0.5, 0.6) is 23.0 Å². The summed E-state index contributed by atoms with van der Waals surface area (Å²) in [6.45, 7) is 0.394. The van der Waals surface area contributed by atoms with Gasteiger partial charge in [0.15, 0.2) is 23.0 Å². The molecule has 2 amide bonds. The van der Waals surface area contributed by atoms with Gasteiger partial charge in [0, 0.05) is 32.9 Å². The third-order valence-electron chi connectivity index (χ3n) is 5.58. The Balaban J connectivity index is 1.04. The molecule has 0 spiro atoms. The highest BCUT2D eigenvalue weighted by Gasteiger charge is 2.16. The van der Waals surface area contributed by atoms with Crippen LogP contribution in [0.3, 0.4) is 0 Å². The lowest BCUT2D eigenvalue weighted by Gasteiger charge is -2.03. The maximum Gasteiger partial charge on any atom is 0.240 e. The summed E-state index contributed by atoms with van der Waals surface area (Å²) in [4.78, 5) is 24.0. The monoisotopic (exact) mass is 636 g/mol. The van der Waals surface area contributed by atoms with Gasteiger partial charge in [-0.3, -0.25) is 9.59 Å². The Labute approximate surface area is 231 Å². The largest absolute Gasteiger partial charge is 0.454 e. The third-order valence-corrected chi connectivity index (χ3v) is 6.95. The van der Waals surface area contributed by atoms with Crippen molar-refractivity contribution in [3.05, 3.63) is 44.3 Å². The van der Waals surface area contributed by atoms with Crippen LogP contribution in [0.2, 0.25) is 0 Å². The van der Waals surface area contributed by atoms with E-state index >= 15 is 0 Å². The van der Waals surface area contributed by atoms with Crippen molar-refractivity contribution in [1.29, 1.82) is 0 Å². The number of ether oxygens (including phenoxy) is 4. The first-order valence-electron chi connectivity index (χ1n) is 11.8. The molecule has 0 saturated carbocycles. The van der Waals surface area contributed by atoms with Gasteiger partial charge in [0.25, 0.3) is 0 Å².